The Morgan fingerprint density at radius 3 is 2.57 bits per heavy atom. The normalized spacial score (nSPS) is 33.2. The van der Waals surface area contributed by atoms with Gasteiger partial charge < -0.3 is 15.3 Å². The lowest BCUT2D eigenvalue weighted by molar-refractivity contribution is 0.147. The molecule has 3 heteroatoms. The summed E-state index contributed by atoms with van der Waals surface area (Å²) in [5, 5.41) is 12.6. The predicted molar refractivity (Wildman–Crippen MR) is 59.4 cm³/mol. The minimum atomic E-state index is -0.0200. The second-order valence-corrected chi connectivity index (χ2v) is 4.84. The summed E-state index contributed by atoms with van der Waals surface area (Å²) >= 11 is 0. The van der Waals surface area contributed by atoms with Gasteiger partial charge in [0.15, 0.2) is 0 Å². The Kier molecular flexibility index (Phi) is 3.93. The van der Waals surface area contributed by atoms with Gasteiger partial charge in [-0.05, 0) is 47.2 Å². The quantitative estimate of drug-likeness (QED) is 0.705. The van der Waals surface area contributed by atoms with Crippen LogP contribution in [0.2, 0.25) is 0 Å². The molecule has 2 N–H and O–H groups in total. The second-order valence-electron chi connectivity index (χ2n) is 4.84. The van der Waals surface area contributed by atoms with E-state index < -0.39 is 0 Å². The van der Waals surface area contributed by atoms with Gasteiger partial charge in [-0.1, -0.05) is 0 Å². The van der Waals surface area contributed by atoms with Crippen molar-refractivity contribution in [3.05, 3.63) is 0 Å². The molecular weight excluding hydrogens is 176 g/mol. The first-order valence-electron chi connectivity index (χ1n) is 5.56. The van der Waals surface area contributed by atoms with E-state index in [1.54, 1.807) is 0 Å². The third-order valence-corrected chi connectivity index (χ3v) is 3.81. The van der Waals surface area contributed by atoms with Crippen LogP contribution in [0.4, 0.5) is 0 Å². The topological polar surface area (TPSA) is 35.5 Å². The number of rotatable bonds is 4. The zero-order valence-corrected chi connectivity index (χ0v) is 9.88. The third-order valence-electron chi connectivity index (χ3n) is 3.81. The SMILES string of the molecule is CNC1(CO)CCC(N(C)C(C)C)C1. The fraction of sp³-hybridized carbons (Fsp3) is 1.00. The van der Waals surface area contributed by atoms with Crippen LogP contribution in [0, 0.1) is 0 Å². The van der Waals surface area contributed by atoms with Gasteiger partial charge in [0, 0.05) is 17.6 Å². The van der Waals surface area contributed by atoms with Gasteiger partial charge >= 0.3 is 0 Å². The lowest BCUT2D eigenvalue weighted by Crippen LogP contribution is -2.46. The predicted octanol–water partition coefficient (Wildman–Crippen LogP) is 0.830. The molecule has 3 nitrogen and oxygen atoms in total. The van der Waals surface area contributed by atoms with E-state index in [9.17, 15) is 5.11 Å². The fourth-order valence-electron chi connectivity index (χ4n) is 2.32. The zero-order valence-electron chi connectivity index (χ0n) is 9.88. The molecule has 0 amide bonds. The van der Waals surface area contributed by atoms with Crippen LogP contribution in [-0.2, 0) is 0 Å². The van der Waals surface area contributed by atoms with Crippen molar-refractivity contribution in [1.82, 2.24) is 10.2 Å². The van der Waals surface area contributed by atoms with E-state index in [1.807, 2.05) is 7.05 Å². The summed E-state index contributed by atoms with van der Waals surface area (Å²) in [5.41, 5.74) is -0.0200. The standard InChI is InChI=1S/C11H24N2O/c1-9(2)13(4)10-5-6-11(7-10,8-14)12-3/h9-10,12,14H,5-8H2,1-4H3. The molecule has 0 radical (unpaired) electrons. The van der Waals surface area contributed by atoms with Crippen LogP contribution in [0.3, 0.4) is 0 Å². The van der Waals surface area contributed by atoms with E-state index in [0.29, 0.717) is 12.1 Å². The van der Waals surface area contributed by atoms with Crippen molar-refractivity contribution in [2.24, 2.45) is 0 Å². The number of nitrogens with zero attached hydrogens (tertiary/aromatic N) is 1. The lowest BCUT2D eigenvalue weighted by Gasteiger charge is -2.31. The van der Waals surface area contributed by atoms with Crippen molar-refractivity contribution in [3.8, 4) is 0 Å². The molecule has 1 aliphatic rings. The van der Waals surface area contributed by atoms with Crippen molar-refractivity contribution >= 4 is 0 Å². The largest absolute Gasteiger partial charge is 0.394 e. The molecule has 0 saturated heterocycles. The summed E-state index contributed by atoms with van der Waals surface area (Å²) in [6.07, 6.45) is 3.34. The summed E-state index contributed by atoms with van der Waals surface area (Å²) in [7, 11) is 4.13. The van der Waals surface area contributed by atoms with E-state index >= 15 is 0 Å². The van der Waals surface area contributed by atoms with Gasteiger partial charge in [0.1, 0.15) is 0 Å². The van der Waals surface area contributed by atoms with Gasteiger partial charge in [0.05, 0.1) is 6.61 Å². The van der Waals surface area contributed by atoms with Crippen molar-refractivity contribution in [2.45, 2.75) is 50.7 Å². The van der Waals surface area contributed by atoms with Crippen molar-refractivity contribution in [3.63, 3.8) is 0 Å². The van der Waals surface area contributed by atoms with E-state index in [-0.39, 0.29) is 12.1 Å². The van der Waals surface area contributed by atoms with Gasteiger partial charge in [-0.25, -0.2) is 0 Å². The van der Waals surface area contributed by atoms with E-state index in [4.69, 9.17) is 0 Å². The molecule has 1 saturated carbocycles. The van der Waals surface area contributed by atoms with Crippen molar-refractivity contribution < 1.29 is 5.11 Å². The van der Waals surface area contributed by atoms with Gasteiger partial charge in [0.2, 0.25) is 0 Å². The molecule has 2 unspecified atom stereocenters. The Labute approximate surface area is 87.5 Å². The van der Waals surface area contributed by atoms with Crippen LogP contribution in [0.25, 0.3) is 0 Å². The van der Waals surface area contributed by atoms with Gasteiger partial charge in [0.25, 0.3) is 0 Å². The van der Waals surface area contributed by atoms with Crippen LogP contribution in [0.1, 0.15) is 33.1 Å². The average Bonchev–Trinajstić information content (AvgIpc) is 2.61. The molecule has 0 aliphatic heterocycles. The number of aliphatic hydroxyl groups is 1. The Bertz CT molecular complexity index is 178. The molecule has 0 heterocycles. The number of hydrogen-bond acceptors (Lipinski definition) is 3. The zero-order chi connectivity index (χ0) is 10.8. The van der Waals surface area contributed by atoms with Gasteiger partial charge in [-0.15, -0.1) is 0 Å². The van der Waals surface area contributed by atoms with Gasteiger partial charge in [-0.2, -0.15) is 0 Å². The summed E-state index contributed by atoms with van der Waals surface area (Å²) < 4.78 is 0. The highest BCUT2D eigenvalue weighted by molar-refractivity contribution is 4.98. The Morgan fingerprint density at radius 1 is 1.57 bits per heavy atom. The first-order chi connectivity index (χ1) is 6.54. The van der Waals surface area contributed by atoms with Crippen LogP contribution in [0.15, 0.2) is 0 Å². The molecule has 0 spiro atoms. The summed E-state index contributed by atoms with van der Waals surface area (Å²) in [6, 6.07) is 1.21. The smallest absolute Gasteiger partial charge is 0.0613 e. The molecule has 0 aromatic rings. The molecule has 1 fully saturated rings. The maximum absolute atomic E-state index is 9.37. The molecule has 0 bridgehead atoms. The lowest BCUT2D eigenvalue weighted by atomic mass is 9.99. The molecule has 2 atom stereocenters. The van der Waals surface area contributed by atoms with Gasteiger partial charge in [-0.3, -0.25) is 0 Å². The van der Waals surface area contributed by atoms with Crippen LogP contribution >= 0.6 is 0 Å². The van der Waals surface area contributed by atoms with E-state index in [0.717, 1.165) is 12.8 Å². The Balaban J connectivity index is 2.55. The summed E-state index contributed by atoms with van der Waals surface area (Å²) in [4.78, 5) is 2.41. The highest BCUT2D eigenvalue weighted by Gasteiger charge is 2.39. The van der Waals surface area contributed by atoms with E-state index in [2.05, 4.69) is 31.1 Å². The first-order valence-corrected chi connectivity index (χ1v) is 5.56. The third kappa shape index (κ3) is 2.27. The number of hydrogen-bond donors (Lipinski definition) is 2. The highest BCUT2D eigenvalue weighted by atomic mass is 16.3. The molecule has 1 aliphatic carbocycles. The van der Waals surface area contributed by atoms with Crippen LogP contribution < -0.4 is 5.32 Å². The Hall–Kier alpha value is -0.120. The monoisotopic (exact) mass is 200 g/mol. The fourth-order valence-corrected chi connectivity index (χ4v) is 2.32. The minimum absolute atomic E-state index is 0.0200. The molecular formula is C11H24N2O. The van der Waals surface area contributed by atoms with Crippen molar-refractivity contribution in [1.29, 1.82) is 0 Å². The molecule has 84 valence electrons. The van der Waals surface area contributed by atoms with Crippen LogP contribution in [-0.4, -0.2) is 48.3 Å². The summed E-state index contributed by atoms with van der Waals surface area (Å²) in [6.45, 7) is 4.70. The Morgan fingerprint density at radius 2 is 2.21 bits per heavy atom. The molecule has 1 rings (SSSR count). The molecule has 0 aromatic carbocycles. The maximum Gasteiger partial charge on any atom is 0.0613 e. The average molecular weight is 200 g/mol. The highest BCUT2D eigenvalue weighted by Crippen LogP contribution is 2.32. The summed E-state index contributed by atoms with van der Waals surface area (Å²) in [5.74, 6) is 0. The molecule has 0 aromatic heterocycles. The van der Waals surface area contributed by atoms with E-state index in [1.165, 1.54) is 6.42 Å². The first kappa shape index (κ1) is 12.0. The number of nitrogens with one attached hydrogen (secondary N) is 1. The molecule has 14 heavy (non-hydrogen) atoms. The minimum Gasteiger partial charge on any atom is -0.394 e. The second kappa shape index (κ2) is 4.60. The maximum atomic E-state index is 9.37. The van der Waals surface area contributed by atoms with Crippen LogP contribution in [0.5, 0.6) is 0 Å². The van der Waals surface area contributed by atoms with Crippen molar-refractivity contribution in [2.75, 3.05) is 20.7 Å². The number of aliphatic hydroxyl groups excluding tert-OH is 1. The number of likely N-dealkylation sites (N-methyl/N-ethyl adjacent to an activating group) is 1.